The zero-order valence-electron chi connectivity index (χ0n) is 18.3. The van der Waals surface area contributed by atoms with Crippen LogP contribution in [0, 0.1) is 0 Å². The Kier molecular flexibility index (Phi) is 9.77. The van der Waals surface area contributed by atoms with Crippen molar-refractivity contribution in [2.24, 2.45) is 0 Å². The molecule has 0 aliphatic carbocycles. The molecule has 0 N–H and O–H groups in total. The van der Waals surface area contributed by atoms with E-state index >= 15 is 0 Å². The molecule has 4 nitrogen and oxygen atoms in total. The highest BCUT2D eigenvalue weighted by atomic mass is 32.2. The standard InChI is InChI=1S/C26H31O4S/c1-3-27-16-18-29-22-10-8-14-25(20-22)31(24-12-6-5-7-13-24)26-15-9-11-23(21-26)30-19-17-28-4-2/h5-15,20-21H,3-4,16-19H2,1-2H3/q+1. The topological polar surface area (TPSA) is 36.9 Å². The lowest BCUT2D eigenvalue weighted by Gasteiger charge is -2.12. The molecule has 0 unspecified atom stereocenters. The zero-order valence-corrected chi connectivity index (χ0v) is 19.1. The predicted molar refractivity (Wildman–Crippen MR) is 125 cm³/mol. The fourth-order valence-electron chi connectivity index (χ4n) is 3.07. The molecule has 5 heteroatoms. The maximum Gasteiger partial charge on any atom is 0.170 e. The SMILES string of the molecule is CCOCCOc1cccc([S+](c2ccccc2)c2cccc(OCCOCC)c2)c1. The lowest BCUT2D eigenvalue weighted by molar-refractivity contribution is 0.110. The van der Waals surface area contributed by atoms with Crippen LogP contribution in [0.2, 0.25) is 0 Å². The zero-order chi connectivity index (χ0) is 21.7. The second kappa shape index (κ2) is 13.1. The van der Waals surface area contributed by atoms with E-state index < -0.39 is 0 Å². The van der Waals surface area contributed by atoms with E-state index in [1.165, 1.54) is 14.7 Å². The summed E-state index contributed by atoms with van der Waals surface area (Å²) >= 11 is 0. The van der Waals surface area contributed by atoms with Gasteiger partial charge in [0.15, 0.2) is 14.7 Å². The number of benzene rings is 3. The van der Waals surface area contributed by atoms with Crippen LogP contribution in [0.1, 0.15) is 13.8 Å². The van der Waals surface area contributed by atoms with Crippen molar-refractivity contribution < 1.29 is 18.9 Å². The van der Waals surface area contributed by atoms with Gasteiger partial charge in [-0.25, -0.2) is 0 Å². The van der Waals surface area contributed by atoms with Crippen LogP contribution in [0.3, 0.4) is 0 Å². The highest BCUT2D eigenvalue weighted by molar-refractivity contribution is 7.97. The Morgan fingerprint density at radius 1 is 0.548 bits per heavy atom. The van der Waals surface area contributed by atoms with Crippen LogP contribution in [0.25, 0.3) is 0 Å². The minimum absolute atomic E-state index is 0.276. The Balaban J connectivity index is 1.85. The summed E-state index contributed by atoms with van der Waals surface area (Å²) < 4.78 is 22.6. The summed E-state index contributed by atoms with van der Waals surface area (Å²) in [7, 11) is -0.276. The van der Waals surface area contributed by atoms with Gasteiger partial charge >= 0.3 is 0 Å². The van der Waals surface area contributed by atoms with Crippen molar-refractivity contribution in [3.8, 4) is 11.5 Å². The molecule has 3 rings (SSSR count). The van der Waals surface area contributed by atoms with Gasteiger partial charge in [-0.05, 0) is 50.2 Å². The van der Waals surface area contributed by atoms with Gasteiger partial charge in [-0.15, -0.1) is 0 Å². The quantitative estimate of drug-likeness (QED) is 0.256. The molecule has 0 heterocycles. The minimum Gasteiger partial charge on any atom is -0.491 e. The van der Waals surface area contributed by atoms with Gasteiger partial charge in [0.1, 0.15) is 24.7 Å². The normalized spacial score (nSPS) is 10.9. The van der Waals surface area contributed by atoms with E-state index in [1.807, 2.05) is 32.0 Å². The number of hydrogen-bond acceptors (Lipinski definition) is 4. The average Bonchev–Trinajstić information content (AvgIpc) is 2.81. The average molecular weight is 440 g/mol. The maximum absolute atomic E-state index is 5.91. The Morgan fingerprint density at radius 2 is 1.03 bits per heavy atom. The molecule has 3 aromatic carbocycles. The van der Waals surface area contributed by atoms with Crippen molar-refractivity contribution >= 4 is 10.9 Å². The number of hydrogen-bond donors (Lipinski definition) is 0. The third-order valence-corrected chi connectivity index (χ3v) is 6.66. The summed E-state index contributed by atoms with van der Waals surface area (Å²) in [6.07, 6.45) is 0. The van der Waals surface area contributed by atoms with Gasteiger partial charge in [-0.3, -0.25) is 0 Å². The summed E-state index contributed by atoms with van der Waals surface area (Å²) in [5.74, 6) is 1.71. The third-order valence-electron chi connectivity index (χ3n) is 4.46. The minimum atomic E-state index is -0.276. The molecule has 0 aliphatic rings. The van der Waals surface area contributed by atoms with Crippen molar-refractivity contribution in [2.45, 2.75) is 28.5 Å². The van der Waals surface area contributed by atoms with Gasteiger partial charge in [0.05, 0.1) is 24.1 Å². The predicted octanol–water partition coefficient (Wildman–Crippen LogP) is 5.61. The summed E-state index contributed by atoms with van der Waals surface area (Å²) in [6.45, 7) is 7.63. The van der Waals surface area contributed by atoms with Crippen molar-refractivity contribution in [3.05, 3.63) is 78.9 Å². The Bertz CT molecular complexity index is 845. The molecule has 3 aromatic rings. The molecule has 31 heavy (non-hydrogen) atoms. The van der Waals surface area contributed by atoms with E-state index in [4.69, 9.17) is 18.9 Å². The van der Waals surface area contributed by atoms with Crippen molar-refractivity contribution in [3.63, 3.8) is 0 Å². The van der Waals surface area contributed by atoms with Gasteiger partial charge in [0, 0.05) is 25.3 Å². The summed E-state index contributed by atoms with van der Waals surface area (Å²) in [4.78, 5) is 3.65. The van der Waals surface area contributed by atoms with E-state index in [-0.39, 0.29) is 10.9 Å². The van der Waals surface area contributed by atoms with Gasteiger partial charge in [-0.2, -0.15) is 0 Å². The molecule has 0 bridgehead atoms. The summed E-state index contributed by atoms with van der Waals surface area (Å²) in [5, 5.41) is 0. The Morgan fingerprint density at radius 3 is 1.52 bits per heavy atom. The van der Waals surface area contributed by atoms with Crippen LogP contribution < -0.4 is 9.47 Å². The summed E-state index contributed by atoms with van der Waals surface area (Å²) in [6, 6.07) is 27.2. The smallest absolute Gasteiger partial charge is 0.170 e. The van der Waals surface area contributed by atoms with Gasteiger partial charge < -0.3 is 18.9 Å². The highest BCUT2D eigenvalue weighted by Crippen LogP contribution is 2.34. The van der Waals surface area contributed by atoms with E-state index in [0.29, 0.717) is 39.6 Å². The molecule has 0 radical (unpaired) electrons. The molecular weight excluding hydrogens is 408 g/mol. The van der Waals surface area contributed by atoms with Crippen LogP contribution in [0.5, 0.6) is 11.5 Å². The lowest BCUT2D eigenvalue weighted by Crippen LogP contribution is -2.09. The summed E-state index contributed by atoms with van der Waals surface area (Å²) in [5.41, 5.74) is 0. The highest BCUT2D eigenvalue weighted by Gasteiger charge is 2.29. The first-order valence-electron chi connectivity index (χ1n) is 10.7. The molecule has 0 saturated heterocycles. The van der Waals surface area contributed by atoms with Gasteiger partial charge in [0.25, 0.3) is 0 Å². The van der Waals surface area contributed by atoms with Crippen LogP contribution >= 0.6 is 0 Å². The largest absolute Gasteiger partial charge is 0.491 e. The fraction of sp³-hybridized carbons (Fsp3) is 0.308. The van der Waals surface area contributed by atoms with E-state index in [9.17, 15) is 0 Å². The second-order valence-electron chi connectivity index (χ2n) is 6.66. The van der Waals surface area contributed by atoms with Crippen LogP contribution in [-0.4, -0.2) is 39.6 Å². The molecule has 0 aromatic heterocycles. The molecule has 0 fully saturated rings. The number of rotatable bonds is 13. The molecule has 0 atom stereocenters. The molecular formula is C26H31O4S+. The third kappa shape index (κ3) is 7.31. The van der Waals surface area contributed by atoms with Crippen LogP contribution in [0.4, 0.5) is 0 Å². The second-order valence-corrected chi connectivity index (χ2v) is 8.69. The van der Waals surface area contributed by atoms with Crippen molar-refractivity contribution in [1.82, 2.24) is 0 Å². The van der Waals surface area contributed by atoms with Crippen LogP contribution in [0.15, 0.2) is 93.5 Å². The number of ether oxygens (including phenoxy) is 4. The molecule has 164 valence electrons. The monoisotopic (exact) mass is 439 g/mol. The van der Waals surface area contributed by atoms with Crippen molar-refractivity contribution in [2.75, 3.05) is 39.6 Å². The Labute approximate surface area is 188 Å². The maximum atomic E-state index is 5.91. The first-order chi connectivity index (χ1) is 15.3. The lowest BCUT2D eigenvalue weighted by atomic mass is 10.3. The van der Waals surface area contributed by atoms with Gasteiger partial charge in [0.2, 0.25) is 0 Å². The van der Waals surface area contributed by atoms with E-state index in [0.717, 1.165) is 11.5 Å². The van der Waals surface area contributed by atoms with Crippen LogP contribution in [-0.2, 0) is 20.4 Å². The van der Waals surface area contributed by atoms with Gasteiger partial charge in [-0.1, -0.05) is 30.3 Å². The first kappa shape index (κ1) is 23.2. The molecule has 0 amide bonds. The Hall–Kier alpha value is -2.47. The van der Waals surface area contributed by atoms with E-state index in [2.05, 4.69) is 60.7 Å². The first-order valence-corrected chi connectivity index (χ1v) is 11.9. The molecule has 0 spiro atoms. The van der Waals surface area contributed by atoms with Crippen molar-refractivity contribution in [1.29, 1.82) is 0 Å². The van der Waals surface area contributed by atoms with E-state index in [1.54, 1.807) is 0 Å². The fourth-order valence-corrected chi connectivity index (χ4v) is 5.22. The molecule has 0 aliphatic heterocycles. The molecule has 0 saturated carbocycles.